The second kappa shape index (κ2) is 12.8. The van der Waals surface area contributed by atoms with Crippen LogP contribution in [0.5, 0.6) is 5.75 Å². The lowest BCUT2D eigenvalue weighted by Crippen LogP contribution is -2.35. The molecule has 0 radical (unpaired) electrons. The number of nitrogens with zero attached hydrogens (tertiary/aromatic N) is 3. The van der Waals surface area contributed by atoms with Crippen LogP contribution in [-0.2, 0) is 6.54 Å². The molecule has 2 aliphatic heterocycles. The number of benzene rings is 5. The van der Waals surface area contributed by atoms with Crippen molar-refractivity contribution in [3.05, 3.63) is 118 Å². The molecule has 1 amide bonds. The summed E-state index contributed by atoms with van der Waals surface area (Å²) < 4.78 is 8.72. The summed E-state index contributed by atoms with van der Waals surface area (Å²) in [5, 5.41) is 3.91. The molecule has 0 N–H and O–H groups in total. The molecule has 8 rings (SSSR count). The summed E-state index contributed by atoms with van der Waals surface area (Å²) in [6, 6.07) is 33.5. The Balaban J connectivity index is 1.04. The fraction of sp³-hybridized carbons (Fsp3) is 0.220. The van der Waals surface area contributed by atoms with Crippen LogP contribution in [0.25, 0.3) is 44.1 Å². The van der Waals surface area contributed by atoms with Crippen molar-refractivity contribution in [2.24, 2.45) is 4.99 Å². The first kappa shape index (κ1) is 30.7. The number of hydrogen-bond acceptors (Lipinski definition) is 3. The van der Waals surface area contributed by atoms with Gasteiger partial charge in [-0.15, -0.1) is 0 Å². The van der Waals surface area contributed by atoms with Gasteiger partial charge in [-0.1, -0.05) is 59.6 Å². The van der Waals surface area contributed by atoms with E-state index in [1.807, 2.05) is 54.4 Å². The molecule has 0 unspecified atom stereocenters. The van der Waals surface area contributed by atoms with Gasteiger partial charge in [-0.3, -0.25) is 9.79 Å². The van der Waals surface area contributed by atoms with Crippen molar-refractivity contribution < 1.29 is 9.53 Å². The number of aliphatic imine (C=N–C) groups is 1. The van der Waals surface area contributed by atoms with Gasteiger partial charge in [0.2, 0.25) is 0 Å². The van der Waals surface area contributed by atoms with Crippen LogP contribution < -0.4 is 4.74 Å². The van der Waals surface area contributed by atoms with Crippen LogP contribution in [0.2, 0.25) is 10.0 Å². The van der Waals surface area contributed by atoms with Crippen molar-refractivity contribution in [3.8, 4) is 28.0 Å². The van der Waals surface area contributed by atoms with E-state index in [-0.39, 0.29) is 11.9 Å². The Bertz CT molecular complexity index is 2100. The number of fused-ring (bicyclic) bond motifs is 5. The number of ether oxygens (including phenoxy) is 1. The van der Waals surface area contributed by atoms with E-state index in [1.54, 1.807) is 0 Å². The Morgan fingerprint density at radius 1 is 0.771 bits per heavy atom. The van der Waals surface area contributed by atoms with Gasteiger partial charge in [0.1, 0.15) is 5.75 Å². The number of aryl methyl sites for hydroxylation is 2. The molecular weight excluding hydrogens is 637 g/mol. The molecule has 0 aliphatic carbocycles. The van der Waals surface area contributed by atoms with E-state index in [9.17, 15) is 4.79 Å². The maximum Gasteiger partial charge on any atom is 0.256 e. The molecule has 2 aliphatic rings. The van der Waals surface area contributed by atoms with Crippen LogP contribution in [-0.4, -0.2) is 40.8 Å². The maximum atomic E-state index is 13.2. The topological polar surface area (TPSA) is 46.8 Å². The SMILES string of the molecule is Cc1cc2c(cc1OCCCCn1c3ccc(-c4ccc(Cl)cc4)cc3c3cc(-c4ccc(Cl)cc4)ccc31)N=C[C@@H]1CCCN1C2=O. The van der Waals surface area contributed by atoms with Crippen LogP contribution in [0.4, 0.5) is 5.69 Å². The fourth-order valence-corrected chi connectivity index (χ4v) is 7.43. The first-order chi connectivity index (χ1) is 23.4. The zero-order valence-electron chi connectivity index (χ0n) is 26.8. The van der Waals surface area contributed by atoms with Crippen molar-refractivity contribution in [1.82, 2.24) is 9.47 Å². The van der Waals surface area contributed by atoms with Gasteiger partial charge in [-0.2, -0.15) is 0 Å². The van der Waals surface area contributed by atoms with Gasteiger partial charge < -0.3 is 14.2 Å². The molecule has 1 aromatic heterocycles. The van der Waals surface area contributed by atoms with E-state index in [4.69, 9.17) is 32.9 Å². The predicted octanol–water partition coefficient (Wildman–Crippen LogP) is 10.9. The van der Waals surface area contributed by atoms with E-state index in [0.717, 1.165) is 82.4 Å². The lowest BCUT2D eigenvalue weighted by molar-refractivity contribution is 0.0774. The molecule has 0 saturated carbocycles. The summed E-state index contributed by atoms with van der Waals surface area (Å²) >= 11 is 12.4. The Hall–Kier alpha value is -4.58. The van der Waals surface area contributed by atoms with E-state index < -0.39 is 0 Å². The maximum absolute atomic E-state index is 13.2. The summed E-state index contributed by atoms with van der Waals surface area (Å²) in [5.41, 5.74) is 9.35. The second-order valence-electron chi connectivity index (χ2n) is 12.8. The summed E-state index contributed by atoms with van der Waals surface area (Å²) in [7, 11) is 0. The Morgan fingerprint density at radius 2 is 1.38 bits per heavy atom. The average Bonchev–Trinajstić information content (AvgIpc) is 3.67. The molecule has 1 atom stereocenters. The zero-order valence-corrected chi connectivity index (χ0v) is 28.3. The monoisotopic (exact) mass is 671 g/mol. The Morgan fingerprint density at radius 3 is 2.00 bits per heavy atom. The first-order valence-electron chi connectivity index (χ1n) is 16.6. The number of amides is 1. The molecule has 7 heteroatoms. The number of carbonyl (C=O) groups is 1. The van der Waals surface area contributed by atoms with E-state index >= 15 is 0 Å². The minimum Gasteiger partial charge on any atom is -0.493 e. The number of halogens is 2. The van der Waals surface area contributed by atoms with Crippen molar-refractivity contribution in [2.75, 3.05) is 13.2 Å². The summed E-state index contributed by atoms with van der Waals surface area (Å²) in [6.45, 7) is 4.26. The Labute approximate surface area is 290 Å². The largest absolute Gasteiger partial charge is 0.493 e. The third kappa shape index (κ3) is 5.76. The molecule has 48 heavy (non-hydrogen) atoms. The minimum atomic E-state index is 0.0754. The standard InChI is InChI=1S/C41H35Cl2N3O2/c1-26-21-36-37(44-25-33-5-4-19-45(33)41(36)47)24-40(26)48-20-3-2-18-46-38-16-10-29(27-6-12-31(42)13-7-27)22-34(38)35-23-30(11-17-39(35)46)28-8-14-32(43)15-9-28/h6-17,21-25,33H,2-5,18-20H2,1H3/t33-/m0/s1. The Kier molecular flexibility index (Phi) is 8.19. The molecule has 1 saturated heterocycles. The predicted molar refractivity (Wildman–Crippen MR) is 198 cm³/mol. The van der Waals surface area contributed by atoms with Gasteiger partial charge in [0.15, 0.2) is 0 Å². The van der Waals surface area contributed by atoms with E-state index in [2.05, 4.69) is 65.2 Å². The van der Waals surface area contributed by atoms with Gasteiger partial charge >= 0.3 is 0 Å². The van der Waals surface area contributed by atoms with Crippen molar-refractivity contribution in [1.29, 1.82) is 0 Å². The van der Waals surface area contributed by atoms with Crippen LogP contribution in [0, 0.1) is 6.92 Å². The number of aromatic nitrogens is 1. The number of unbranched alkanes of at least 4 members (excludes halogenated alkanes) is 1. The molecule has 1 fully saturated rings. The molecule has 0 bridgehead atoms. The summed E-state index contributed by atoms with van der Waals surface area (Å²) in [4.78, 5) is 19.8. The number of hydrogen-bond donors (Lipinski definition) is 0. The molecule has 6 aromatic rings. The molecule has 5 aromatic carbocycles. The highest BCUT2D eigenvalue weighted by molar-refractivity contribution is 6.31. The molecule has 3 heterocycles. The van der Waals surface area contributed by atoms with Crippen LogP contribution >= 0.6 is 23.2 Å². The highest BCUT2D eigenvalue weighted by atomic mass is 35.5. The number of rotatable bonds is 8. The highest BCUT2D eigenvalue weighted by Crippen LogP contribution is 2.37. The van der Waals surface area contributed by atoms with Gasteiger partial charge in [0.25, 0.3) is 5.91 Å². The average molecular weight is 673 g/mol. The normalized spacial score (nSPS) is 15.6. The smallest absolute Gasteiger partial charge is 0.256 e. The summed E-state index contributed by atoms with van der Waals surface area (Å²) in [6.07, 6.45) is 5.78. The first-order valence-corrected chi connectivity index (χ1v) is 17.4. The second-order valence-corrected chi connectivity index (χ2v) is 13.7. The molecule has 0 spiro atoms. The lowest BCUT2D eigenvalue weighted by atomic mass is 10.0. The van der Waals surface area contributed by atoms with Crippen molar-refractivity contribution in [2.45, 2.75) is 45.2 Å². The summed E-state index contributed by atoms with van der Waals surface area (Å²) in [5.74, 6) is 0.869. The van der Waals surface area contributed by atoms with Crippen molar-refractivity contribution >= 4 is 62.8 Å². The van der Waals surface area contributed by atoms with E-state index in [0.29, 0.717) is 17.9 Å². The third-order valence-electron chi connectivity index (χ3n) is 9.72. The van der Waals surface area contributed by atoms with Gasteiger partial charge in [-0.25, -0.2) is 0 Å². The quantitative estimate of drug-likeness (QED) is 0.151. The highest BCUT2D eigenvalue weighted by Gasteiger charge is 2.32. The zero-order chi connectivity index (χ0) is 32.8. The van der Waals surface area contributed by atoms with Crippen molar-refractivity contribution in [3.63, 3.8) is 0 Å². The van der Waals surface area contributed by atoms with Crippen LogP contribution in [0.1, 0.15) is 41.6 Å². The fourth-order valence-electron chi connectivity index (χ4n) is 7.17. The molecule has 5 nitrogen and oxygen atoms in total. The molecular formula is C41H35Cl2N3O2. The van der Waals surface area contributed by atoms with E-state index in [1.165, 1.54) is 21.8 Å². The number of carbonyl (C=O) groups excluding carboxylic acids is 1. The third-order valence-corrected chi connectivity index (χ3v) is 10.2. The molecule has 240 valence electrons. The van der Waals surface area contributed by atoms with Gasteiger partial charge in [0, 0.05) is 57.2 Å². The van der Waals surface area contributed by atoms with Crippen LogP contribution in [0.15, 0.2) is 102 Å². The van der Waals surface area contributed by atoms with Gasteiger partial charge in [0.05, 0.1) is 23.9 Å². The minimum absolute atomic E-state index is 0.0754. The lowest BCUT2D eigenvalue weighted by Gasteiger charge is -2.20. The van der Waals surface area contributed by atoms with Crippen LogP contribution in [0.3, 0.4) is 0 Å². The van der Waals surface area contributed by atoms with Gasteiger partial charge in [-0.05, 0) is 115 Å².